The number of furan rings is 1. The average Bonchev–Trinajstić information content (AvgIpc) is 3.17. The van der Waals surface area contributed by atoms with Gasteiger partial charge in [0, 0.05) is 21.8 Å². The molecule has 29 heavy (non-hydrogen) atoms. The van der Waals surface area contributed by atoms with E-state index in [0.717, 1.165) is 34.9 Å². The van der Waals surface area contributed by atoms with Crippen LogP contribution < -0.4 is 4.74 Å². The first-order valence-electron chi connectivity index (χ1n) is 9.68. The van der Waals surface area contributed by atoms with E-state index >= 15 is 0 Å². The van der Waals surface area contributed by atoms with Gasteiger partial charge in [-0.2, -0.15) is 0 Å². The smallest absolute Gasteiger partial charge is 0.197 e. The van der Waals surface area contributed by atoms with Gasteiger partial charge in [-0.3, -0.25) is 4.79 Å². The van der Waals surface area contributed by atoms with E-state index in [4.69, 9.17) is 9.15 Å². The van der Waals surface area contributed by atoms with Crippen LogP contribution in [0.2, 0.25) is 0 Å². The topological polar surface area (TPSA) is 39.4 Å². The molecule has 146 valence electrons. The fourth-order valence-corrected chi connectivity index (χ4v) is 3.69. The van der Waals surface area contributed by atoms with Crippen molar-refractivity contribution < 1.29 is 13.9 Å². The lowest BCUT2D eigenvalue weighted by Gasteiger charge is -2.07. The maximum Gasteiger partial charge on any atom is 0.197 e. The number of unbranched alkanes of at least 4 members (excludes halogenated alkanes) is 1. The molecule has 0 amide bonds. The molecular formula is C25H21BrO3. The van der Waals surface area contributed by atoms with E-state index in [0.29, 0.717) is 29.1 Å². The molecule has 4 heteroatoms. The zero-order valence-electron chi connectivity index (χ0n) is 15.9. The number of ketones is 1. The first kappa shape index (κ1) is 19.5. The number of hydrogen-bond donors (Lipinski definition) is 0. The van der Waals surface area contributed by atoms with Crippen molar-refractivity contribution >= 4 is 32.7 Å². The third-order valence-corrected chi connectivity index (χ3v) is 5.33. The molecule has 0 aliphatic rings. The maximum absolute atomic E-state index is 13.4. The van der Waals surface area contributed by atoms with E-state index in [-0.39, 0.29) is 5.78 Å². The second kappa shape index (κ2) is 9.10. The predicted octanol–water partition coefficient (Wildman–Crippen LogP) is 6.88. The molecule has 0 saturated heterocycles. The van der Waals surface area contributed by atoms with Crippen molar-refractivity contribution in [3.8, 4) is 17.1 Å². The van der Waals surface area contributed by atoms with E-state index in [1.54, 1.807) is 0 Å². The minimum Gasteiger partial charge on any atom is -0.494 e. The second-order valence-corrected chi connectivity index (χ2v) is 7.56. The van der Waals surface area contributed by atoms with E-state index in [1.165, 1.54) is 0 Å². The number of rotatable bonds is 8. The third-order valence-electron chi connectivity index (χ3n) is 4.77. The highest BCUT2D eigenvalue weighted by Crippen LogP contribution is 2.35. The zero-order valence-corrected chi connectivity index (χ0v) is 17.5. The van der Waals surface area contributed by atoms with Crippen LogP contribution in [0.25, 0.3) is 22.3 Å². The summed E-state index contributed by atoms with van der Waals surface area (Å²) in [6, 6.07) is 24.7. The summed E-state index contributed by atoms with van der Waals surface area (Å²) < 4.78 is 11.8. The van der Waals surface area contributed by atoms with Gasteiger partial charge < -0.3 is 9.15 Å². The Hall–Kier alpha value is -2.85. The molecule has 0 spiro atoms. The molecular weight excluding hydrogens is 428 g/mol. The number of para-hydroxylation sites is 1. The number of carbonyl (C=O) groups excluding carboxylic acids is 1. The number of carbonyl (C=O) groups is 1. The van der Waals surface area contributed by atoms with Crippen LogP contribution in [-0.2, 0) is 0 Å². The largest absolute Gasteiger partial charge is 0.494 e. The van der Waals surface area contributed by atoms with Gasteiger partial charge in [-0.05, 0) is 43.2 Å². The van der Waals surface area contributed by atoms with Crippen LogP contribution in [0.4, 0.5) is 0 Å². The van der Waals surface area contributed by atoms with Crippen molar-refractivity contribution in [1.29, 1.82) is 0 Å². The fraction of sp³-hybridized carbons (Fsp3) is 0.160. The lowest BCUT2D eigenvalue weighted by molar-refractivity contribution is 0.104. The van der Waals surface area contributed by atoms with Gasteiger partial charge in [0.25, 0.3) is 0 Å². The molecule has 0 radical (unpaired) electrons. The van der Waals surface area contributed by atoms with Crippen LogP contribution in [0.15, 0.2) is 83.3 Å². The zero-order chi connectivity index (χ0) is 20.1. The van der Waals surface area contributed by atoms with Crippen LogP contribution in [0, 0.1) is 0 Å². The van der Waals surface area contributed by atoms with Gasteiger partial charge in [0.05, 0.1) is 12.2 Å². The van der Waals surface area contributed by atoms with E-state index in [2.05, 4.69) is 15.9 Å². The second-order valence-electron chi connectivity index (χ2n) is 6.77. The Balaban J connectivity index is 1.66. The van der Waals surface area contributed by atoms with E-state index in [1.807, 2.05) is 78.9 Å². The van der Waals surface area contributed by atoms with Gasteiger partial charge in [-0.25, -0.2) is 0 Å². The van der Waals surface area contributed by atoms with Crippen LogP contribution >= 0.6 is 15.9 Å². The molecule has 1 heterocycles. The number of alkyl halides is 1. The number of hydrogen-bond acceptors (Lipinski definition) is 3. The molecule has 1 aromatic heterocycles. The molecule has 0 N–H and O–H groups in total. The predicted molar refractivity (Wildman–Crippen MR) is 120 cm³/mol. The summed E-state index contributed by atoms with van der Waals surface area (Å²) >= 11 is 3.42. The summed E-state index contributed by atoms with van der Waals surface area (Å²) in [6.45, 7) is 0.670. The molecule has 0 saturated carbocycles. The van der Waals surface area contributed by atoms with Crippen molar-refractivity contribution in [2.45, 2.75) is 12.8 Å². The lowest BCUT2D eigenvalue weighted by atomic mass is 9.97. The number of benzene rings is 3. The van der Waals surface area contributed by atoms with Crippen molar-refractivity contribution in [1.82, 2.24) is 0 Å². The summed E-state index contributed by atoms with van der Waals surface area (Å²) in [5.74, 6) is 1.32. The van der Waals surface area contributed by atoms with Gasteiger partial charge in [0.1, 0.15) is 17.1 Å². The molecule has 0 unspecified atom stereocenters. The molecule has 3 aromatic carbocycles. The summed E-state index contributed by atoms with van der Waals surface area (Å²) in [7, 11) is 0. The minimum atomic E-state index is -0.0559. The fourth-order valence-electron chi connectivity index (χ4n) is 3.30. The molecule has 0 atom stereocenters. The van der Waals surface area contributed by atoms with Crippen LogP contribution in [-0.4, -0.2) is 17.7 Å². The Labute approximate surface area is 178 Å². The number of fused-ring (bicyclic) bond motifs is 1. The summed E-state index contributed by atoms with van der Waals surface area (Å²) in [6.07, 6.45) is 2.07. The average molecular weight is 449 g/mol. The Bertz CT molecular complexity index is 1100. The minimum absolute atomic E-state index is 0.0559. The van der Waals surface area contributed by atoms with Gasteiger partial charge in [0.2, 0.25) is 0 Å². The highest BCUT2D eigenvalue weighted by Gasteiger charge is 2.22. The maximum atomic E-state index is 13.4. The highest BCUT2D eigenvalue weighted by atomic mass is 79.9. The molecule has 0 fully saturated rings. The SMILES string of the molecule is O=C(c1ccc(OCCCCBr)cc1)c1c(-c2ccccc2)oc2ccccc12. The van der Waals surface area contributed by atoms with Gasteiger partial charge in [-0.15, -0.1) is 0 Å². The van der Waals surface area contributed by atoms with Crippen LogP contribution in [0.1, 0.15) is 28.8 Å². The normalized spacial score (nSPS) is 10.9. The Kier molecular flexibility index (Phi) is 6.11. The van der Waals surface area contributed by atoms with Gasteiger partial charge >= 0.3 is 0 Å². The van der Waals surface area contributed by atoms with E-state index < -0.39 is 0 Å². The number of ether oxygens (including phenoxy) is 1. The molecule has 0 aliphatic carbocycles. The molecule has 0 bridgehead atoms. The molecule has 3 nitrogen and oxygen atoms in total. The first-order valence-corrected chi connectivity index (χ1v) is 10.8. The monoisotopic (exact) mass is 448 g/mol. The first-order chi connectivity index (χ1) is 14.3. The van der Waals surface area contributed by atoms with E-state index in [9.17, 15) is 4.79 Å². The number of halogens is 1. The van der Waals surface area contributed by atoms with Crippen molar-refractivity contribution in [3.05, 3.63) is 90.0 Å². The molecule has 4 aromatic rings. The summed E-state index contributed by atoms with van der Waals surface area (Å²) in [5.41, 5.74) is 2.81. The Morgan fingerprint density at radius 2 is 1.59 bits per heavy atom. The standard InChI is InChI=1S/C25H21BrO3/c26-16-6-7-17-28-20-14-12-18(13-15-20)24(27)23-21-10-4-5-11-22(21)29-25(23)19-8-2-1-3-9-19/h1-5,8-15H,6-7,16-17H2. The van der Waals surface area contributed by atoms with Gasteiger partial charge in [-0.1, -0.05) is 64.5 Å². The van der Waals surface area contributed by atoms with Gasteiger partial charge in [0.15, 0.2) is 5.78 Å². The Morgan fingerprint density at radius 1 is 0.862 bits per heavy atom. The molecule has 4 rings (SSSR count). The molecule has 0 aliphatic heterocycles. The van der Waals surface area contributed by atoms with Crippen molar-refractivity contribution in [3.63, 3.8) is 0 Å². The van der Waals surface area contributed by atoms with Crippen LogP contribution in [0.3, 0.4) is 0 Å². The lowest BCUT2D eigenvalue weighted by Crippen LogP contribution is -2.03. The quantitative estimate of drug-likeness (QED) is 0.167. The van der Waals surface area contributed by atoms with Crippen LogP contribution in [0.5, 0.6) is 5.75 Å². The Morgan fingerprint density at radius 3 is 2.34 bits per heavy atom. The summed E-state index contributed by atoms with van der Waals surface area (Å²) in [5, 5.41) is 1.80. The highest BCUT2D eigenvalue weighted by molar-refractivity contribution is 9.09. The third kappa shape index (κ3) is 4.28. The summed E-state index contributed by atoms with van der Waals surface area (Å²) in [4.78, 5) is 13.4. The van der Waals surface area contributed by atoms with Crippen molar-refractivity contribution in [2.75, 3.05) is 11.9 Å². The van der Waals surface area contributed by atoms with Crippen molar-refractivity contribution in [2.24, 2.45) is 0 Å².